The minimum absolute atomic E-state index is 0.208. The highest BCUT2D eigenvalue weighted by atomic mass is 16.5. The summed E-state index contributed by atoms with van der Waals surface area (Å²) in [5.74, 6) is 0.946. The fourth-order valence-electron chi connectivity index (χ4n) is 1.77. The van der Waals surface area contributed by atoms with Crippen molar-refractivity contribution < 1.29 is 18.6 Å². The fourth-order valence-corrected chi connectivity index (χ4v) is 1.77. The van der Waals surface area contributed by atoms with Gasteiger partial charge in [0.05, 0.1) is 45.3 Å². The van der Waals surface area contributed by atoms with Gasteiger partial charge in [0, 0.05) is 13.2 Å². The van der Waals surface area contributed by atoms with Crippen molar-refractivity contribution in [1.82, 2.24) is 5.32 Å². The van der Waals surface area contributed by atoms with Crippen LogP contribution in [0.5, 0.6) is 0 Å². The number of unbranched alkanes of at least 4 members (excludes halogenated alkanes) is 1. The molecule has 5 nitrogen and oxygen atoms in total. The zero-order valence-corrected chi connectivity index (χ0v) is 13.3. The maximum atomic E-state index is 5.49. The van der Waals surface area contributed by atoms with Gasteiger partial charge in [-0.05, 0) is 25.5 Å². The van der Waals surface area contributed by atoms with Crippen LogP contribution in [-0.2, 0) is 14.2 Å². The van der Waals surface area contributed by atoms with Crippen molar-refractivity contribution >= 4 is 0 Å². The van der Waals surface area contributed by atoms with Gasteiger partial charge in [0.1, 0.15) is 5.76 Å². The van der Waals surface area contributed by atoms with E-state index in [1.165, 1.54) is 6.42 Å². The van der Waals surface area contributed by atoms with Gasteiger partial charge in [-0.15, -0.1) is 0 Å². The van der Waals surface area contributed by atoms with Gasteiger partial charge in [0.25, 0.3) is 0 Å². The summed E-state index contributed by atoms with van der Waals surface area (Å²) in [6.07, 6.45) is 3.97. The van der Waals surface area contributed by atoms with Crippen LogP contribution < -0.4 is 5.32 Å². The molecule has 0 saturated heterocycles. The Kier molecular flexibility index (Phi) is 11.1. The number of hydrogen-bond acceptors (Lipinski definition) is 5. The van der Waals surface area contributed by atoms with E-state index in [2.05, 4.69) is 19.2 Å². The Hall–Kier alpha value is -0.880. The fraction of sp³-hybridized carbons (Fsp3) is 0.750. The van der Waals surface area contributed by atoms with Crippen LogP contribution in [0, 0.1) is 0 Å². The smallest absolute Gasteiger partial charge is 0.120 e. The molecule has 1 aromatic heterocycles. The van der Waals surface area contributed by atoms with Crippen molar-refractivity contribution in [3.05, 3.63) is 24.2 Å². The molecule has 0 amide bonds. The van der Waals surface area contributed by atoms with Crippen molar-refractivity contribution in [2.24, 2.45) is 0 Å². The van der Waals surface area contributed by atoms with Gasteiger partial charge < -0.3 is 23.9 Å². The summed E-state index contributed by atoms with van der Waals surface area (Å²) in [5, 5.41) is 3.34. The van der Waals surface area contributed by atoms with Crippen molar-refractivity contribution in [1.29, 1.82) is 0 Å². The highest BCUT2D eigenvalue weighted by Gasteiger charge is 2.05. The molecule has 1 heterocycles. The first-order valence-electron chi connectivity index (χ1n) is 7.84. The molecule has 1 atom stereocenters. The average Bonchev–Trinajstić information content (AvgIpc) is 3.02. The van der Waals surface area contributed by atoms with Gasteiger partial charge in [-0.2, -0.15) is 0 Å². The Morgan fingerprint density at radius 2 is 1.71 bits per heavy atom. The number of furan rings is 1. The van der Waals surface area contributed by atoms with E-state index in [0.29, 0.717) is 33.0 Å². The number of ether oxygens (including phenoxy) is 3. The molecule has 1 rings (SSSR count). The van der Waals surface area contributed by atoms with Gasteiger partial charge in [-0.1, -0.05) is 13.3 Å². The molecule has 0 spiro atoms. The summed E-state index contributed by atoms with van der Waals surface area (Å²) in [7, 11) is 0. The lowest BCUT2D eigenvalue weighted by Crippen LogP contribution is -2.23. The average molecular weight is 299 g/mol. The van der Waals surface area contributed by atoms with Crippen molar-refractivity contribution in [3.8, 4) is 0 Å². The summed E-state index contributed by atoms with van der Waals surface area (Å²) in [5.41, 5.74) is 0. The molecule has 122 valence electrons. The first-order valence-corrected chi connectivity index (χ1v) is 7.84. The Balaban J connectivity index is 1.78. The van der Waals surface area contributed by atoms with E-state index in [-0.39, 0.29) is 6.04 Å². The van der Waals surface area contributed by atoms with Gasteiger partial charge >= 0.3 is 0 Å². The number of nitrogens with one attached hydrogen (secondary N) is 1. The van der Waals surface area contributed by atoms with Gasteiger partial charge in [0.15, 0.2) is 0 Å². The Bertz CT molecular complexity index is 316. The molecule has 0 fully saturated rings. The molecule has 0 saturated carbocycles. The Labute approximate surface area is 127 Å². The van der Waals surface area contributed by atoms with Crippen LogP contribution in [0.25, 0.3) is 0 Å². The third-order valence-electron chi connectivity index (χ3n) is 3.05. The topological polar surface area (TPSA) is 52.9 Å². The van der Waals surface area contributed by atoms with Crippen LogP contribution in [-0.4, -0.2) is 46.2 Å². The normalized spacial score (nSPS) is 12.7. The second kappa shape index (κ2) is 12.8. The lowest BCUT2D eigenvalue weighted by molar-refractivity contribution is 0.0144. The van der Waals surface area contributed by atoms with Crippen molar-refractivity contribution in [2.45, 2.75) is 32.7 Å². The van der Waals surface area contributed by atoms with Crippen LogP contribution in [0.15, 0.2) is 22.8 Å². The molecule has 0 aliphatic heterocycles. The molecule has 21 heavy (non-hydrogen) atoms. The maximum absolute atomic E-state index is 5.49. The summed E-state index contributed by atoms with van der Waals surface area (Å²) in [4.78, 5) is 0. The highest BCUT2D eigenvalue weighted by molar-refractivity contribution is 5.02. The first-order chi connectivity index (χ1) is 10.3. The molecular weight excluding hydrogens is 270 g/mol. The first kappa shape index (κ1) is 18.2. The summed E-state index contributed by atoms with van der Waals surface area (Å²) in [6, 6.07) is 4.07. The van der Waals surface area contributed by atoms with Gasteiger partial charge in [-0.25, -0.2) is 0 Å². The van der Waals surface area contributed by atoms with Crippen molar-refractivity contribution in [3.63, 3.8) is 0 Å². The van der Waals surface area contributed by atoms with E-state index in [1.54, 1.807) is 6.26 Å². The summed E-state index contributed by atoms with van der Waals surface area (Å²) >= 11 is 0. The number of rotatable bonds is 14. The van der Waals surface area contributed by atoms with E-state index < -0.39 is 0 Å². The van der Waals surface area contributed by atoms with E-state index in [9.17, 15) is 0 Å². The monoisotopic (exact) mass is 299 g/mol. The zero-order chi connectivity index (χ0) is 15.2. The lowest BCUT2D eigenvalue weighted by Gasteiger charge is -2.11. The molecule has 0 radical (unpaired) electrons. The molecule has 1 unspecified atom stereocenters. The van der Waals surface area contributed by atoms with Crippen LogP contribution in [0.4, 0.5) is 0 Å². The van der Waals surface area contributed by atoms with E-state index >= 15 is 0 Å². The van der Waals surface area contributed by atoms with Crippen LogP contribution >= 0.6 is 0 Å². The highest BCUT2D eigenvalue weighted by Crippen LogP contribution is 2.11. The van der Waals surface area contributed by atoms with Crippen molar-refractivity contribution in [2.75, 3.05) is 46.2 Å². The van der Waals surface area contributed by atoms with Crippen LogP contribution in [0.1, 0.15) is 38.5 Å². The Morgan fingerprint density at radius 3 is 2.33 bits per heavy atom. The third kappa shape index (κ3) is 9.63. The van der Waals surface area contributed by atoms with Crippen LogP contribution in [0.3, 0.4) is 0 Å². The van der Waals surface area contributed by atoms with E-state index in [4.69, 9.17) is 18.6 Å². The summed E-state index contributed by atoms with van der Waals surface area (Å²) < 4.78 is 21.6. The van der Waals surface area contributed by atoms with E-state index in [1.807, 2.05) is 12.1 Å². The molecule has 0 aliphatic rings. The molecule has 0 aromatic carbocycles. The quantitative estimate of drug-likeness (QED) is 0.535. The van der Waals surface area contributed by atoms with E-state index in [0.717, 1.165) is 25.3 Å². The predicted octanol–water partition coefficient (Wildman–Crippen LogP) is 2.78. The molecule has 5 heteroatoms. The maximum Gasteiger partial charge on any atom is 0.120 e. The molecule has 0 aliphatic carbocycles. The number of hydrogen-bond donors (Lipinski definition) is 1. The molecule has 0 bridgehead atoms. The van der Waals surface area contributed by atoms with Gasteiger partial charge in [-0.3, -0.25) is 0 Å². The minimum atomic E-state index is 0.208. The second-order valence-corrected chi connectivity index (χ2v) is 4.88. The summed E-state index contributed by atoms with van der Waals surface area (Å²) in [6.45, 7) is 9.06. The Morgan fingerprint density at radius 1 is 1.05 bits per heavy atom. The molecule has 1 aromatic rings. The van der Waals surface area contributed by atoms with Gasteiger partial charge in [0.2, 0.25) is 0 Å². The molecule has 1 N–H and O–H groups in total. The third-order valence-corrected chi connectivity index (χ3v) is 3.05. The van der Waals surface area contributed by atoms with Crippen LogP contribution in [0.2, 0.25) is 0 Å². The lowest BCUT2D eigenvalue weighted by atomic mass is 10.2. The molecular formula is C16H29NO4. The largest absolute Gasteiger partial charge is 0.468 e. The standard InChI is InChI=1S/C16H29NO4/c1-3-4-8-18-11-13-20-14-12-19-10-7-17-15(2)16-6-5-9-21-16/h5-6,9,15,17H,3-4,7-8,10-14H2,1-2H3. The minimum Gasteiger partial charge on any atom is -0.468 e. The SMILES string of the molecule is CCCCOCCOCCOCCNC(C)c1ccco1. The zero-order valence-electron chi connectivity index (χ0n) is 13.3. The second-order valence-electron chi connectivity index (χ2n) is 4.88. The predicted molar refractivity (Wildman–Crippen MR) is 82.5 cm³/mol.